The minimum atomic E-state index is -3.89. The summed E-state index contributed by atoms with van der Waals surface area (Å²) in [5.74, 6) is -0.630. The zero-order valence-corrected chi connectivity index (χ0v) is 25.2. The van der Waals surface area contributed by atoms with Gasteiger partial charge in [-0.05, 0) is 49.4 Å². The number of benzene rings is 2. The highest BCUT2D eigenvalue weighted by atomic mass is 32.2. The Hall–Kier alpha value is -2.79. The second kappa shape index (κ2) is 16.5. The second-order valence-electron chi connectivity index (χ2n) is 10.7. The molecule has 0 aromatic heterocycles. The van der Waals surface area contributed by atoms with E-state index < -0.39 is 34.1 Å². The molecule has 0 saturated heterocycles. The van der Waals surface area contributed by atoms with Crippen LogP contribution in [0.25, 0.3) is 0 Å². The smallest absolute Gasteiger partial charge is 0.243 e. The van der Waals surface area contributed by atoms with Gasteiger partial charge in [-0.1, -0.05) is 82.6 Å². The Bertz CT molecular complexity index is 1150. The monoisotopic (exact) mass is 574 g/mol. The van der Waals surface area contributed by atoms with E-state index in [4.69, 9.17) is 0 Å². The lowest BCUT2D eigenvalue weighted by Crippen LogP contribution is -2.57. The SMILES string of the molecule is CCC(C)[C@H](NC(=O)CNC)C(=O)N[C@@H](Cc1ccccc1)[C@H](O)CN(CCC(C)C)S(=O)(=O)c1ccccc1. The van der Waals surface area contributed by atoms with Crippen LogP contribution in [-0.4, -0.2) is 74.5 Å². The molecule has 0 spiro atoms. The number of likely N-dealkylation sites (N-methyl/N-ethyl adjacent to an activating group) is 1. The Morgan fingerprint density at radius 2 is 1.55 bits per heavy atom. The number of aliphatic hydroxyl groups excluding tert-OH is 1. The summed E-state index contributed by atoms with van der Waals surface area (Å²) in [6.45, 7) is 7.95. The zero-order valence-electron chi connectivity index (χ0n) is 24.3. The highest BCUT2D eigenvalue weighted by molar-refractivity contribution is 7.89. The maximum absolute atomic E-state index is 13.6. The number of hydrogen-bond donors (Lipinski definition) is 4. The van der Waals surface area contributed by atoms with Crippen LogP contribution >= 0.6 is 0 Å². The van der Waals surface area contributed by atoms with Crippen LogP contribution in [0, 0.1) is 11.8 Å². The van der Waals surface area contributed by atoms with Crippen LogP contribution in [0.2, 0.25) is 0 Å². The molecule has 222 valence electrons. The molecular weight excluding hydrogens is 528 g/mol. The summed E-state index contributed by atoms with van der Waals surface area (Å²) in [4.78, 5) is 26.0. The van der Waals surface area contributed by atoms with Crippen molar-refractivity contribution in [2.45, 2.75) is 70.0 Å². The summed E-state index contributed by atoms with van der Waals surface area (Å²) in [5.41, 5.74) is 0.880. The third-order valence-corrected chi connectivity index (χ3v) is 8.85. The summed E-state index contributed by atoms with van der Waals surface area (Å²) in [6.07, 6.45) is 0.347. The molecule has 10 heteroatoms. The Labute approximate surface area is 239 Å². The number of sulfonamides is 1. The highest BCUT2D eigenvalue weighted by Gasteiger charge is 2.33. The van der Waals surface area contributed by atoms with E-state index in [0.29, 0.717) is 12.8 Å². The van der Waals surface area contributed by atoms with Crippen LogP contribution in [0.3, 0.4) is 0 Å². The lowest BCUT2D eigenvalue weighted by atomic mass is 9.96. The van der Waals surface area contributed by atoms with Crippen molar-refractivity contribution < 1.29 is 23.1 Å². The van der Waals surface area contributed by atoms with Gasteiger partial charge in [-0.2, -0.15) is 4.31 Å². The maximum Gasteiger partial charge on any atom is 0.243 e. The van der Waals surface area contributed by atoms with Gasteiger partial charge in [0.2, 0.25) is 21.8 Å². The van der Waals surface area contributed by atoms with Gasteiger partial charge in [0.15, 0.2) is 0 Å². The number of nitrogens with zero attached hydrogens (tertiary/aromatic N) is 1. The quantitative estimate of drug-likeness (QED) is 0.230. The number of aliphatic hydroxyl groups is 1. The molecule has 2 aromatic rings. The first-order valence-electron chi connectivity index (χ1n) is 14.0. The molecular formula is C30H46N4O5S. The van der Waals surface area contributed by atoms with Crippen molar-refractivity contribution in [1.82, 2.24) is 20.3 Å². The Morgan fingerprint density at radius 3 is 2.10 bits per heavy atom. The van der Waals surface area contributed by atoms with E-state index in [1.807, 2.05) is 58.0 Å². The fourth-order valence-corrected chi connectivity index (χ4v) is 5.79. The molecule has 1 unspecified atom stereocenters. The molecule has 2 aromatic carbocycles. The normalized spacial score (nSPS) is 14.9. The summed E-state index contributed by atoms with van der Waals surface area (Å²) < 4.78 is 28.5. The molecule has 40 heavy (non-hydrogen) atoms. The number of hydrogen-bond acceptors (Lipinski definition) is 6. The molecule has 0 fully saturated rings. The summed E-state index contributed by atoms with van der Waals surface area (Å²) in [6, 6.07) is 16.0. The third-order valence-electron chi connectivity index (χ3n) is 6.97. The summed E-state index contributed by atoms with van der Waals surface area (Å²) >= 11 is 0. The number of carbonyl (C=O) groups is 2. The van der Waals surface area contributed by atoms with E-state index in [1.54, 1.807) is 25.2 Å². The molecule has 0 aliphatic carbocycles. The van der Waals surface area contributed by atoms with Crippen LogP contribution in [0.1, 0.15) is 46.1 Å². The van der Waals surface area contributed by atoms with Crippen molar-refractivity contribution in [2.24, 2.45) is 11.8 Å². The van der Waals surface area contributed by atoms with Crippen LogP contribution in [0.5, 0.6) is 0 Å². The van der Waals surface area contributed by atoms with Crippen LogP contribution in [0.15, 0.2) is 65.6 Å². The molecule has 0 aliphatic heterocycles. The standard InChI is InChI=1S/C30H46N4O5S/c1-6-23(4)29(33-28(36)20-31-5)30(37)32-26(19-24-13-9-7-10-14-24)27(35)21-34(18-17-22(2)3)40(38,39)25-15-11-8-12-16-25/h7-16,22-23,26-27,29,31,35H,6,17-21H2,1-5H3,(H,32,37)(H,33,36)/t23?,26-,27+,29-/m0/s1. The molecule has 0 heterocycles. The second-order valence-corrected chi connectivity index (χ2v) is 12.6. The predicted octanol–water partition coefficient (Wildman–Crippen LogP) is 2.56. The van der Waals surface area contributed by atoms with Gasteiger partial charge in [-0.15, -0.1) is 0 Å². The minimum absolute atomic E-state index is 0.0679. The first kappa shape index (κ1) is 33.4. The van der Waals surface area contributed by atoms with Gasteiger partial charge in [0.05, 0.1) is 23.6 Å². The largest absolute Gasteiger partial charge is 0.390 e. The Balaban J connectivity index is 2.36. The zero-order chi connectivity index (χ0) is 29.7. The van der Waals surface area contributed by atoms with Gasteiger partial charge >= 0.3 is 0 Å². The van der Waals surface area contributed by atoms with Crippen molar-refractivity contribution in [3.05, 3.63) is 66.2 Å². The molecule has 4 atom stereocenters. The van der Waals surface area contributed by atoms with Crippen LogP contribution in [-0.2, 0) is 26.0 Å². The van der Waals surface area contributed by atoms with E-state index in [1.165, 1.54) is 16.4 Å². The fraction of sp³-hybridized carbons (Fsp3) is 0.533. The third kappa shape index (κ3) is 10.3. The molecule has 2 amide bonds. The van der Waals surface area contributed by atoms with E-state index >= 15 is 0 Å². The van der Waals surface area contributed by atoms with Gasteiger partial charge in [-0.3, -0.25) is 9.59 Å². The predicted molar refractivity (Wildman–Crippen MR) is 158 cm³/mol. The number of nitrogens with one attached hydrogen (secondary N) is 3. The average Bonchev–Trinajstić information content (AvgIpc) is 2.94. The summed E-state index contributed by atoms with van der Waals surface area (Å²) in [5, 5.41) is 20.0. The molecule has 0 radical (unpaired) electrons. The molecule has 2 rings (SSSR count). The topological polar surface area (TPSA) is 128 Å². The van der Waals surface area contributed by atoms with Crippen molar-refractivity contribution in [1.29, 1.82) is 0 Å². The van der Waals surface area contributed by atoms with Gasteiger partial charge in [0, 0.05) is 13.1 Å². The summed E-state index contributed by atoms with van der Waals surface area (Å²) in [7, 11) is -2.23. The molecule has 9 nitrogen and oxygen atoms in total. The molecule has 4 N–H and O–H groups in total. The van der Waals surface area contributed by atoms with E-state index in [0.717, 1.165) is 5.56 Å². The highest BCUT2D eigenvalue weighted by Crippen LogP contribution is 2.19. The molecule has 0 saturated carbocycles. The number of carbonyl (C=O) groups excluding carboxylic acids is 2. The van der Waals surface area contributed by atoms with E-state index in [-0.39, 0.29) is 48.7 Å². The van der Waals surface area contributed by atoms with Gasteiger partial charge in [0.1, 0.15) is 6.04 Å². The first-order chi connectivity index (χ1) is 19.0. The van der Waals surface area contributed by atoms with Gasteiger partial charge < -0.3 is 21.1 Å². The lowest BCUT2D eigenvalue weighted by molar-refractivity contribution is -0.130. The van der Waals surface area contributed by atoms with Gasteiger partial charge in [-0.25, -0.2) is 8.42 Å². The Morgan fingerprint density at radius 1 is 0.950 bits per heavy atom. The number of rotatable bonds is 17. The first-order valence-corrected chi connectivity index (χ1v) is 15.4. The average molecular weight is 575 g/mol. The Kier molecular flexibility index (Phi) is 13.8. The van der Waals surface area contributed by atoms with Crippen LogP contribution < -0.4 is 16.0 Å². The van der Waals surface area contributed by atoms with Crippen molar-refractivity contribution in [2.75, 3.05) is 26.7 Å². The fourth-order valence-electron chi connectivity index (χ4n) is 4.30. The molecule has 0 bridgehead atoms. The minimum Gasteiger partial charge on any atom is -0.390 e. The van der Waals surface area contributed by atoms with Gasteiger partial charge in [0.25, 0.3) is 0 Å². The van der Waals surface area contributed by atoms with E-state index in [9.17, 15) is 23.1 Å². The van der Waals surface area contributed by atoms with E-state index in [2.05, 4.69) is 16.0 Å². The maximum atomic E-state index is 13.6. The van der Waals surface area contributed by atoms with Crippen molar-refractivity contribution in [3.63, 3.8) is 0 Å². The van der Waals surface area contributed by atoms with Crippen molar-refractivity contribution >= 4 is 21.8 Å². The number of amides is 2. The molecule has 0 aliphatic rings. The van der Waals surface area contributed by atoms with Crippen LogP contribution in [0.4, 0.5) is 0 Å². The van der Waals surface area contributed by atoms with Crippen molar-refractivity contribution in [3.8, 4) is 0 Å². The lowest BCUT2D eigenvalue weighted by Gasteiger charge is -2.32.